The zero-order valence-electron chi connectivity index (χ0n) is 17.5. The molecule has 0 radical (unpaired) electrons. The van der Waals surface area contributed by atoms with Gasteiger partial charge in [-0.2, -0.15) is 10.2 Å². The van der Waals surface area contributed by atoms with Crippen molar-refractivity contribution in [1.82, 2.24) is 19.9 Å². The molecule has 3 aromatic rings. The summed E-state index contributed by atoms with van der Waals surface area (Å²) in [6.07, 6.45) is 8.10. The normalized spacial score (nSPS) is 17.6. The fraction of sp³-hybridized carbons (Fsp3) is 0.417. The average molecular weight is 415 g/mol. The fourth-order valence-corrected chi connectivity index (χ4v) is 4.88. The van der Waals surface area contributed by atoms with Crippen molar-refractivity contribution >= 4 is 22.7 Å². The number of nitrogens with one attached hydrogen (secondary N) is 2. The lowest BCUT2D eigenvalue weighted by Crippen LogP contribution is -2.26. The van der Waals surface area contributed by atoms with E-state index in [4.69, 9.17) is 0 Å². The molecule has 31 heavy (non-hydrogen) atoms. The molecule has 7 nitrogen and oxygen atoms in total. The second kappa shape index (κ2) is 8.48. The quantitative estimate of drug-likeness (QED) is 0.670. The second-order valence-electron chi connectivity index (χ2n) is 8.53. The number of benzene rings is 1. The van der Waals surface area contributed by atoms with Crippen LogP contribution in [0.25, 0.3) is 11.0 Å². The highest BCUT2D eigenvalue weighted by atomic mass is 16.1. The molecular formula is C24H26N6O. The van der Waals surface area contributed by atoms with Crippen LogP contribution in [-0.4, -0.2) is 27.6 Å². The SMILES string of the molecule is N#Cc1cc2cnc(Nc3ccc(C4CCNCC4)cc3)nc2n(C2CCCC2)c1=O. The average Bonchev–Trinajstić information content (AvgIpc) is 3.34. The van der Waals surface area contributed by atoms with E-state index in [0.29, 0.717) is 17.5 Å². The zero-order valence-corrected chi connectivity index (χ0v) is 17.5. The molecule has 5 rings (SSSR count). The van der Waals surface area contributed by atoms with Crippen LogP contribution in [0.1, 0.15) is 61.6 Å². The first kappa shape index (κ1) is 19.7. The minimum atomic E-state index is -0.252. The van der Waals surface area contributed by atoms with E-state index in [1.165, 1.54) is 18.4 Å². The molecule has 1 saturated heterocycles. The van der Waals surface area contributed by atoms with E-state index >= 15 is 0 Å². The molecule has 0 bridgehead atoms. The summed E-state index contributed by atoms with van der Waals surface area (Å²) in [6, 6.07) is 12.2. The van der Waals surface area contributed by atoms with Gasteiger partial charge in [0, 0.05) is 23.3 Å². The molecule has 0 spiro atoms. The van der Waals surface area contributed by atoms with Crippen molar-refractivity contribution in [2.24, 2.45) is 0 Å². The first-order chi connectivity index (χ1) is 15.2. The molecule has 2 aromatic heterocycles. The van der Waals surface area contributed by atoms with Crippen molar-refractivity contribution in [2.45, 2.75) is 50.5 Å². The van der Waals surface area contributed by atoms with Crippen LogP contribution in [0.3, 0.4) is 0 Å². The smallest absolute Gasteiger partial charge is 0.270 e. The van der Waals surface area contributed by atoms with Gasteiger partial charge in [-0.3, -0.25) is 9.36 Å². The van der Waals surface area contributed by atoms with Crippen molar-refractivity contribution in [1.29, 1.82) is 5.26 Å². The number of hydrogen-bond donors (Lipinski definition) is 2. The predicted octanol–water partition coefficient (Wildman–Crippen LogP) is 3.99. The van der Waals surface area contributed by atoms with Crippen molar-refractivity contribution in [3.05, 3.63) is 58.0 Å². The van der Waals surface area contributed by atoms with E-state index < -0.39 is 0 Å². The van der Waals surface area contributed by atoms with E-state index in [9.17, 15) is 10.1 Å². The minimum Gasteiger partial charge on any atom is -0.324 e. The predicted molar refractivity (Wildman–Crippen MR) is 121 cm³/mol. The molecule has 2 N–H and O–H groups in total. The number of nitrogens with zero attached hydrogens (tertiary/aromatic N) is 4. The Morgan fingerprint density at radius 1 is 1.10 bits per heavy atom. The highest BCUT2D eigenvalue weighted by Crippen LogP contribution is 2.31. The number of nitriles is 1. The van der Waals surface area contributed by atoms with Crippen LogP contribution in [0.4, 0.5) is 11.6 Å². The molecule has 2 fully saturated rings. The van der Waals surface area contributed by atoms with Gasteiger partial charge in [0.05, 0.1) is 0 Å². The Balaban J connectivity index is 1.46. The lowest BCUT2D eigenvalue weighted by molar-refractivity contribution is 0.460. The van der Waals surface area contributed by atoms with Crippen molar-refractivity contribution in [3.8, 4) is 6.07 Å². The Hall–Kier alpha value is -3.24. The Morgan fingerprint density at radius 3 is 2.55 bits per heavy atom. The molecule has 1 saturated carbocycles. The zero-order chi connectivity index (χ0) is 21.2. The summed E-state index contributed by atoms with van der Waals surface area (Å²) >= 11 is 0. The first-order valence-electron chi connectivity index (χ1n) is 11.1. The summed E-state index contributed by atoms with van der Waals surface area (Å²) in [5, 5.41) is 16.8. The third-order valence-corrected chi connectivity index (χ3v) is 6.56. The van der Waals surface area contributed by atoms with Gasteiger partial charge in [-0.25, -0.2) is 4.98 Å². The van der Waals surface area contributed by atoms with Crippen LogP contribution in [-0.2, 0) is 0 Å². The Kier molecular flexibility index (Phi) is 5.39. The van der Waals surface area contributed by atoms with Crippen LogP contribution in [0.2, 0.25) is 0 Å². The van der Waals surface area contributed by atoms with E-state index in [-0.39, 0.29) is 17.2 Å². The maximum atomic E-state index is 12.9. The summed E-state index contributed by atoms with van der Waals surface area (Å²) < 4.78 is 1.72. The minimum absolute atomic E-state index is 0.0929. The van der Waals surface area contributed by atoms with Gasteiger partial charge < -0.3 is 10.6 Å². The third-order valence-electron chi connectivity index (χ3n) is 6.56. The molecule has 1 aliphatic carbocycles. The Bertz CT molecular complexity index is 1180. The van der Waals surface area contributed by atoms with Crippen molar-refractivity contribution in [3.63, 3.8) is 0 Å². The number of anilines is 2. The second-order valence-corrected chi connectivity index (χ2v) is 8.53. The molecule has 0 atom stereocenters. The standard InChI is InChI=1S/C24H26N6O/c25-14-18-13-19-15-27-24(29-22(19)30(23(18)31)21-3-1-2-4-21)28-20-7-5-16(6-8-20)17-9-11-26-12-10-17/h5-8,13,15,17,21,26H,1-4,9-12H2,(H,27,28,29). The highest BCUT2D eigenvalue weighted by Gasteiger charge is 2.23. The van der Waals surface area contributed by atoms with E-state index in [1.54, 1.807) is 16.8 Å². The van der Waals surface area contributed by atoms with Crippen LogP contribution >= 0.6 is 0 Å². The van der Waals surface area contributed by atoms with Gasteiger partial charge in [-0.15, -0.1) is 0 Å². The molecular weight excluding hydrogens is 388 g/mol. The van der Waals surface area contributed by atoms with Gasteiger partial charge in [0.1, 0.15) is 17.3 Å². The lowest BCUT2D eigenvalue weighted by Gasteiger charge is -2.23. The molecule has 1 aromatic carbocycles. The van der Waals surface area contributed by atoms with Gasteiger partial charge in [-0.05, 0) is 68.5 Å². The third kappa shape index (κ3) is 3.91. The molecule has 0 unspecified atom stereocenters. The summed E-state index contributed by atoms with van der Waals surface area (Å²) in [5.41, 5.74) is 2.78. The number of hydrogen-bond acceptors (Lipinski definition) is 6. The lowest BCUT2D eigenvalue weighted by atomic mass is 9.90. The first-order valence-corrected chi connectivity index (χ1v) is 11.1. The summed E-state index contributed by atoms with van der Waals surface area (Å²) in [6.45, 7) is 2.15. The van der Waals surface area contributed by atoms with E-state index in [0.717, 1.165) is 49.8 Å². The molecule has 7 heteroatoms. The van der Waals surface area contributed by atoms with E-state index in [2.05, 4.69) is 44.9 Å². The number of aromatic nitrogens is 3. The van der Waals surface area contributed by atoms with Crippen LogP contribution in [0.15, 0.2) is 41.3 Å². The number of fused-ring (bicyclic) bond motifs is 1. The molecule has 3 heterocycles. The maximum absolute atomic E-state index is 12.9. The van der Waals surface area contributed by atoms with Crippen LogP contribution in [0.5, 0.6) is 0 Å². The highest BCUT2D eigenvalue weighted by molar-refractivity contribution is 5.77. The number of piperidine rings is 1. The van der Waals surface area contributed by atoms with Gasteiger partial charge in [-0.1, -0.05) is 25.0 Å². The summed E-state index contributed by atoms with van der Waals surface area (Å²) in [4.78, 5) is 22.0. The van der Waals surface area contributed by atoms with Crippen molar-refractivity contribution < 1.29 is 0 Å². The van der Waals surface area contributed by atoms with Gasteiger partial charge in [0.25, 0.3) is 5.56 Å². The molecule has 2 aliphatic rings. The Labute approximate surface area is 181 Å². The van der Waals surface area contributed by atoms with Crippen LogP contribution in [0, 0.1) is 11.3 Å². The monoisotopic (exact) mass is 414 g/mol. The Morgan fingerprint density at radius 2 is 1.84 bits per heavy atom. The summed E-state index contributed by atoms with van der Waals surface area (Å²) in [5.74, 6) is 1.07. The van der Waals surface area contributed by atoms with Gasteiger partial charge in [0.15, 0.2) is 0 Å². The summed E-state index contributed by atoms with van der Waals surface area (Å²) in [7, 11) is 0. The number of rotatable bonds is 4. The van der Waals surface area contributed by atoms with Crippen molar-refractivity contribution in [2.75, 3.05) is 18.4 Å². The van der Waals surface area contributed by atoms with E-state index in [1.807, 2.05) is 6.07 Å². The van der Waals surface area contributed by atoms with Gasteiger partial charge >= 0.3 is 0 Å². The maximum Gasteiger partial charge on any atom is 0.270 e. The number of pyridine rings is 1. The molecule has 1 aliphatic heterocycles. The largest absolute Gasteiger partial charge is 0.324 e. The van der Waals surface area contributed by atoms with Gasteiger partial charge in [0.2, 0.25) is 5.95 Å². The molecule has 158 valence electrons. The topological polar surface area (TPSA) is 95.6 Å². The van der Waals surface area contributed by atoms with Crippen LogP contribution < -0.4 is 16.2 Å². The molecule has 0 amide bonds. The fourth-order valence-electron chi connectivity index (χ4n) is 4.88.